The molecule has 0 bridgehead atoms. The van der Waals surface area contributed by atoms with E-state index in [1.807, 2.05) is 57.2 Å². The first-order valence-electron chi connectivity index (χ1n) is 9.00. The van der Waals surface area contributed by atoms with E-state index >= 15 is 0 Å². The Kier molecular flexibility index (Phi) is 7.67. The van der Waals surface area contributed by atoms with Crippen LogP contribution in [-0.4, -0.2) is 25.0 Å². The van der Waals surface area contributed by atoms with E-state index in [-0.39, 0.29) is 24.3 Å². The van der Waals surface area contributed by atoms with Gasteiger partial charge in [-0.15, -0.1) is 0 Å². The predicted octanol–water partition coefficient (Wildman–Crippen LogP) is 3.38. The van der Waals surface area contributed by atoms with Gasteiger partial charge < -0.3 is 20.1 Å². The summed E-state index contributed by atoms with van der Waals surface area (Å²) in [6.07, 6.45) is 0. The highest BCUT2D eigenvalue weighted by Crippen LogP contribution is 2.26. The number of carbonyl (C=O) groups excluding carboxylic acids is 2. The normalized spacial score (nSPS) is 10.4. The lowest BCUT2D eigenvalue weighted by atomic mass is 10.1. The van der Waals surface area contributed by atoms with E-state index in [0.29, 0.717) is 24.7 Å². The second-order valence-electron chi connectivity index (χ2n) is 6.29. The Balaban J connectivity index is 1.79. The van der Waals surface area contributed by atoms with Crippen LogP contribution < -0.4 is 20.1 Å². The predicted molar refractivity (Wildman–Crippen MR) is 105 cm³/mol. The molecule has 0 radical (unpaired) electrons. The summed E-state index contributed by atoms with van der Waals surface area (Å²) in [5.74, 6) is 0.836. The first-order valence-corrected chi connectivity index (χ1v) is 9.00. The van der Waals surface area contributed by atoms with Gasteiger partial charge in [-0.2, -0.15) is 0 Å². The summed E-state index contributed by atoms with van der Waals surface area (Å²) < 4.78 is 11.0. The van der Waals surface area contributed by atoms with Crippen molar-refractivity contribution in [1.29, 1.82) is 0 Å². The smallest absolute Gasteiger partial charge is 0.258 e. The average Bonchev–Trinajstić information content (AvgIpc) is 2.67. The van der Waals surface area contributed by atoms with Crippen LogP contribution in [0, 0.1) is 5.92 Å². The molecule has 0 spiro atoms. The summed E-state index contributed by atoms with van der Waals surface area (Å²) in [4.78, 5) is 23.7. The van der Waals surface area contributed by atoms with Crippen molar-refractivity contribution in [3.8, 4) is 11.5 Å². The van der Waals surface area contributed by atoms with Crippen molar-refractivity contribution >= 4 is 17.5 Å². The lowest BCUT2D eigenvalue weighted by molar-refractivity contribution is -0.123. The molecule has 0 saturated heterocycles. The molecule has 0 unspecified atom stereocenters. The fourth-order valence-electron chi connectivity index (χ4n) is 2.23. The number of rotatable bonds is 9. The van der Waals surface area contributed by atoms with Crippen LogP contribution in [0.2, 0.25) is 0 Å². The summed E-state index contributed by atoms with van der Waals surface area (Å²) in [6, 6.07) is 14.6. The number of carbonyl (C=O) groups is 2. The molecular weight excluding hydrogens is 344 g/mol. The molecule has 0 atom stereocenters. The van der Waals surface area contributed by atoms with E-state index in [0.717, 1.165) is 11.3 Å². The van der Waals surface area contributed by atoms with Crippen LogP contribution in [0.5, 0.6) is 11.5 Å². The summed E-state index contributed by atoms with van der Waals surface area (Å²) in [5.41, 5.74) is 1.67. The topological polar surface area (TPSA) is 76.7 Å². The van der Waals surface area contributed by atoms with Gasteiger partial charge in [0, 0.05) is 18.2 Å². The number of anilines is 1. The molecule has 2 aromatic carbocycles. The molecule has 6 nitrogen and oxygen atoms in total. The third-order valence-corrected chi connectivity index (χ3v) is 3.74. The highest BCUT2D eigenvalue weighted by molar-refractivity contribution is 5.92. The minimum atomic E-state index is -0.224. The largest absolute Gasteiger partial charge is 0.490 e. The van der Waals surface area contributed by atoms with Crippen LogP contribution in [0.3, 0.4) is 0 Å². The van der Waals surface area contributed by atoms with Gasteiger partial charge in [0.15, 0.2) is 18.1 Å². The maximum Gasteiger partial charge on any atom is 0.258 e. The third-order valence-electron chi connectivity index (χ3n) is 3.74. The zero-order valence-electron chi connectivity index (χ0n) is 16.0. The Labute approximate surface area is 159 Å². The van der Waals surface area contributed by atoms with Crippen LogP contribution in [-0.2, 0) is 16.1 Å². The molecule has 144 valence electrons. The SMILES string of the molecule is CCOc1ccccc1OCC(=O)NCc1ccc(NC(=O)C(C)C)cc1. The standard InChI is InChI=1S/C21H26N2O4/c1-4-26-18-7-5-6-8-19(18)27-14-20(24)22-13-16-9-11-17(12-10-16)23-21(25)15(2)3/h5-12,15H,4,13-14H2,1-3H3,(H,22,24)(H,23,25). The highest BCUT2D eigenvalue weighted by atomic mass is 16.5. The quantitative estimate of drug-likeness (QED) is 0.709. The average molecular weight is 370 g/mol. The van der Waals surface area contributed by atoms with Crippen LogP contribution in [0.15, 0.2) is 48.5 Å². The van der Waals surface area contributed by atoms with Crippen LogP contribution in [0.25, 0.3) is 0 Å². The fourth-order valence-corrected chi connectivity index (χ4v) is 2.23. The zero-order valence-corrected chi connectivity index (χ0v) is 16.0. The number of para-hydroxylation sites is 2. The first-order chi connectivity index (χ1) is 13.0. The Hall–Kier alpha value is -3.02. The third kappa shape index (κ3) is 6.66. The molecule has 2 aromatic rings. The number of hydrogen-bond acceptors (Lipinski definition) is 4. The summed E-state index contributed by atoms with van der Waals surface area (Å²) in [6.45, 7) is 6.39. The number of ether oxygens (including phenoxy) is 2. The second kappa shape index (κ2) is 10.2. The summed E-state index contributed by atoms with van der Waals surface area (Å²) in [5, 5.41) is 5.64. The maximum atomic E-state index is 12.0. The molecule has 6 heteroatoms. The van der Waals surface area contributed by atoms with Gasteiger partial charge in [-0.1, -0.05) is 38.1 Å². The van der Waals surface area contributed by atoms with E-state index in [2.05, 4.69) is 10.6 Å². The zero-order chi connectivity index (χ0) is 19.6. The first kappa shape index (κ1) is 20.3. The van der Waals surface area contributed by atoms with Gasteiger partial charge in [0.05, 0.1) is 6.61 Å². The number of benzene rings is 2. The van der Waals surface area contributed by atoms with Gasteiger partial charge in [0.2, 0.25) is 5.91 Å². The van der Waals surface area contributed by atoms with Gasteiger partial charge in [-0.25, -0.2) is 0 Å². The molecule has 2 N–H and O–H groups in total. The van der Waals surface area contributed by atoms with Gasteiger partial charge in [0.1, 0.15) is 0 Å². The molecule has 0 aliphatic heterocycles. The van der Waals surface area contributed by atoms with Crippen molar-refractivity contribution in [1.82, 2.24) is 5.32 Å². The van der Waals surface area contributed by atoms with E-state index in [1.165, 1.54) is 0 Å². The molecule has 2 rings (SSSR count). The summed E-state index contributed by atoms with van der Waals surface area (Å²) in [7, 11) is 0. The molecule has 0 fully saturated rings. The van der Waals surface area contributed by atoms with Crippen LogP contribution in [0.1, 0.15) is 26.3 Å². The molecule has 2 amide bonds. The molecule has 0 saturated carbocycles. The van der Waals surface area contributed by atoms with Crippen molar-refractivity contribution in [3.05, 3.63) is 54.1 Å². The van der Waals surface area contributed by atoms with Gasteiger partial charge in [-0.05, 0) is 36.8 Å². The molecule has 0 aliphatic carbocycles. The highest BCUT2D eigenvalue weighted by Gasteiger charge is 2.08. The molecule has 0 aliphatic rings. The minimum absolute atomic E-state index is 0.0273. The van der Waals surface area contributed by atoms with Crippen molar-refractivity contribution in [3.63, 3.8) is 0 Å². The molecule has 0 heterocycles. The van der Waals surface area contributed by atoms with Crippen LogP contribution >= 0.6 is 0 Å². The van der Waals surface area contributed by atoms with Gasteiger partial charge >= 0.3 is 0 Å². The number of amides is 2. The van der Waals surface area contributed by atoms with E-state index in [4.69, 9.17) is 9.47 Å². The number of nitrogens with one attached hydrogen (secondary N) is 2. The fraction of sp³-hybridized carbons (Fsp3) is 0.333. The Bertz CT molecular complexity index is 757. The summed E-state index contributed by atoms with van der Waals surface area (Å²) >= 11 is 0. The molecule has 27 heavy (non-hydrogen) atoms. The van der Waals surface area contributed by atoms with Crippen LogP contribution in [0.4, 0.5) is 5.69 Å². The monoisotopic (exact) mass is 370 g/mol. The van der Waals surface area contributed by atoms with Crippen molar-refractivity contribution in [2.75, 3.05) is 18.5 Å². The lowest BCUT2D eigenvalue weighted by Crippen LogP contribution is -2.28. The van der Waals surface area contributed by atoms with E-state index in [9.17, 15) is 9.59 Å². The van der Waals surface area contributed by atoms with E-state index < -0.39 is 0 Å². The minimum Gasteiger partial charge on any atom is -0.490 e. The Morgan fingerprint density at radius 2 is 1.59 bits per heavy atom. The Morgan fingerprint density at radius 3 is 2.19 bits per heavy atom. The lowest BCUT2D eigenvalue weighted by Gasteiger charge is -2.12. The van der Waals surface area contributed by atoms with Crippen molar-refractivity contribution in [2.24, 2.45) is 5.92 Å². The van der Waals surface area contributed by atoms with Crippen molar-refractivity contribution < 1.29 is 19.1 Å². The maximum absolute atomic E-state index is 12.0. The Morgan fingerprint density at radius 1 is 0.963 bits per heavy atom. The molecular formula is C21H26N2O4. The van der Waals surface area contributed by atoms with Crippen molar-refractivity contribution in [2.45, 2.75) is 27.3 Å². The second-order valence-corrected chi connectivity index (χ2v) is 6.29. The van der Waals surface area contributed by atoms with Gasteiger partial charge in [0.25, 0.3) is 5.91 Å². The number of hydrogen-bond donors (Lipinski definition) is 2. The molecule has 0 aromatic heterocycles. The van der Waals surface area contributed by atoms with Gasteiger partial charge in [-0.3, -0.25) is 9.59 Å². The van der Waals surface area contributed by atoms with E-state index in [1.54, 1.807) is 12.1 Å².